The third kappa shape index (κ3) is 43.9. The average Bonchev–Trinajstić information content (AvgIpc) is 4.11. The SMILES string of the molecule is CC(C)=CCC/C(C)=C/CC/C(C)=C/CC1CCCC1=O.CC(C)=CCC/C(C)=C/CC/C(C)=C/CC1CCCC1O.CCCCCC1C(=O)CCC1CC(C)=O.CCCCCCCCC1CCC(=O)O1.CCCCCCCCCC1CCC(=O)O1. The smallest absolute Gasteiger partial charge is 0.306 e. The van der Waals surface area contributed by atoms with Gasteiger partial charge in [-0.2, -0.15) is 0 Å². The van der Waals surface area contributed by atoms with E-state index in [2.05, 4.69) is 113 Å². The summed E-state index contributed by atoms with van der Waals surface area (Å²) in [5, 5.41) is 9.83. The fourth-order valence-corrected chi connectivity index (χ4v) is 12.5. The van der Waals surface area contributed by atoms with E-state index in [0.717, 1.165) is 116 Å². The molecule has 5 rings (SSSR count). The molecule has 2 aliphatic heterocycles. The maximum Gasteiger partial charge on any atom is 0.306 e. The minimum atomic E-state index is -0.0498. The zero-order valence-electron chi connectivity index (χ0n) is 58.0. The molecule has 3 aliphatic carbocycles. The molecule has 7 atom stereocenters. The minimum Gasteiger partial charge on any atom is -0.462 e. The molecule has 0 radical (unpaired) electrons. The van der Waals surface area contributed by atoms with E-state index in [1.807, 2.05) is 0 Å². The van der Waals surface area contributed by atoms with Crippen LogP contribution in [0.3, 0.4) is 0 Å². The Morgan fingerprint density at radius 3 is 1.27 bits per heavy atom. The highest BCUT2D eigenvalue weighted by Crippen LogP contribution is 2.35. The number of carbonyl (C=O) groups is 5. The fourth-order valence-electron chi connectivity index (χ4n) is 12.5. The molecule has 5 fully saturated rings. The number of ketones is 3. The van der Waals surface area contributed by atoms with Crippen LogP contribution in [0.25, 0.3) is 0 Å². The molecule has 7 unspecified atom stereocenters. The Morgan fingerprint density at radius 2 is 0.860 bits per heavy atom. The van der Waals surface area contributed by atoms with Crippen LogP contribution in [0.4, 0.5) is 0 Å². The summed E-state index contributed by atoms with van der Waals surface area (Å²) in [6.45, 7) is 25.8. The highest BCUT2D eigenvalue weighted by atomic mass is 16.6. The number of unbranched alkanes of at least 4 members (excludes halogenated alkanes) is 13. The molecule has 2 heterocycles. The predicted molar refractivity (Wildman–Crippen MR) is 365 cm³/mol. The van der Waals surface area contributed by atoms with Crippen molar-refractivity contribution < 1.29 is 38.6 Å². The Hall–Kier alpha value is -3.65. The van der Waals surface area contributed by atoms with Gasteiger partial charge in [-0.05, 0) is 215 Å². The van der Waals surface area contributed by atoms with Gasteiger partial charge in [-0.1, -0.05) is 187 Å². The van der Waals surface area contributed by atoms with Crippen molar-refractivity contribution in [2.45, 2.75) is 371 Å². The third-order valence-corrected chi connectivity index (χ3v) is 18.2. The van der Waals surface area contributed by atoms with Gasteiger partial charge in [0.2, 0.25) is 0 Å². The van der Waals surface area contributed by atoms with Crippen molar-refractivity contribution in [3.05, 3.63) is 69.9 Å². The Balaban J connectivity index is 0.000000543. The van der Waals surface area contributed by atoms with Crippen molar-refractivity contribution in [3.8, 4) is 0 Å². The van der Waals surface area contributed by atoms with Gasteiger partial charge in [-0.15, -0.1) is 0 Å². The number of allylic oxidation sites excluding steroid dienone is 12. The monoisotopic (exact) mass is 1200 g/mol. The van der Waals surface area contributed by atoms with E-state index in [0.29, 0.717) is 55.0 Å². The van der Waals surface area contributed by atoms with E-state index in [-0.39, 0.29) is 42.0 Å². The second-order valence-electron chi connectivity index (χ2n) is 27.2. The Labute approximate surface area is 530 Å². The first-order valence-electron chi connectivity index (χ1n) is 35.8. The van der Waals surface area contributed by atoms with E-state index >= 15 is 0 Å². The predicted octanol–water partition coefficient (Wildman–Crippen LogP) is 22.5. The molecule has 0 amide bonds. The van der Waals surface area contributed by atoms with Crippen LogP contribution >= 0.6 is 0 Å². The van der Waals surface area contributed by atoms with Crippen molar-refractivity contribution in [2.24, 2.45) is 23.7 Å². The summed E-state index contributed by atoms with van der Waals surface area (Å²) in [6.07, 6.45) is 61.5. The average molecular weight is 1200 g/mol. The van der Waals surface area contributed by atoms with E-state index in [1.54, 1.807) is 6.92 Å². The van der Waals surface area contributed by atoms with Crippen molar-refractivity contribution in [2.75, 3.05) is 0 Å². The number of ether oxygens (including phenoxy) is 2. The van der Waals surface area contributed by atoms with Gasteiger partial charge in [-0.3, -0.25) is 19.2 Å². The lowest BCUT2D eigenvalue weighted by Gasteiger charge is -2.16. The zero-order chi connectivity index (χ0) is 63.7. The van der Waals surface area contributed by atoms with Crippen LogP contribution in [0.15, 0.2) is 69.9 Å². The second-order valence-corrected chi connectivity index (χ2v) is 27.2. The van der Waals surface area contributed by atoms with Crippen LogP contribution < -0.4 is 0 Å². The third-order valence-electron chi connectivity index (χ3n) is 18.2. The zero-order valence-corrected chi connectivity index (χ0v) is 58.0. The van der Waals surface area contributed by atoms with Gasteiger partial charge in [0.25, 0.3) is 0 Å². The molecule has 8 heteroatoms. The topological polar surface area (TPSA) is 124 Å². The van der Waals surface area contributed by atoms with Crippen LogP contribution in [0, 0.1) is 23.7 Å². The van der Waals surface area contributed by atoms with Crippen molar-refractivity contribution in [3.63, 3.8) is 0 Å². The number of cyclic esters (lactones) is 2. The molecule has 494 valence electrons. The molecule has 0 aromatic heterocycles. The first-order valence-corrected chi connectivity index (χ1v) is 35.8. The summed E-state index contributed by atoms with van der Waals surface area (Å²) >= 11 is 0. The van der Waals surface area contributed by atoms with Crippen LogP contribution in [-0.2, 0) is 33.4 Å². The lowest BCUT2D eigenvalue weighted by atomic mass is 9.87. The number of Topliss-reactive ketones (excluding diaryl/α,β-unsaturated/α-hetero) is 3. The lowest BCUT2D eigenvalue weighted by molar-refractivity contribution is -0.142. The van der Waals surface area contributed by atoms with Gasteiger partial charge in [-0.25, -0.2) is 0 Å². The van der Waals surface area contributed by atoms with E-state index in [4.69, 9.17) is 9.47 Å². The first-order chi connectivity index (χ1) is 41.3. The summed E-state index contributed by atoms with van der Waals surface area (Å²) in [4.78, 5) is 56.0. The van der Waals surface area contributed by atoms with Crippen molar-refractivity contribution in [1.82, 2.24) is 0 Å². The molecule has 3 saturated carbocycles. The number of rotatable bonds is 37. The normalized spacial score (nSPS) is 22.2. The summed E-state index contributed by atoms with van der Waals surface area (Å²) in [7, 11) is 0. The molecule has 0 aromatic rings. The maximum absolute atomic E-state index is 11.6. The molecule has 2 saturated heterocycles. The van der Waals surface area contributed by atoms with Crippen LogP contribution in [0.5, 0.6) is 0 Å². The molecule has 8 nitrogen and oxygen atoms in total. The minimum absolute atomic E-state index is 0.000910. The Morgan fingerprint density at radius 1 is 0.430 bits per heavy atom. The van der Waals surface area contributed by atoms with Crippen molar-refractivity contribution >= 4 is 29.3 Å². The molecule has 86 heavy (non-hydrogen) atoms. The first kappa shape index (κ1) is 80.4. The number of esters is 2. The van der Waals surface area contributed by atoms with Gasteiger partial charge in [0.15, 0.2) is 0 Å². The standard InChI is InChI=1S/C20H34O.C20H32O.C13H22O2.C13H24O2.C12H22O2/c2*1-16(2)8-5-9-17(3)10-6-11-18(4)14-15-19-12-7-13-20(19)21;1-3-4-5-6-12-11(9-10(2)14)7-8-13(12)15;1-2-3-4-5-6-7-8-9-12-10-11-13(14)15-12;1-2-3-4-5-6-7-8-11-9-10-12(13)14-11/h8,10,14,19-21H,5-7,9,11-13,15H2,1-4H3;8,10,14,19H,5-7,9,11-13,15H2,1-4H3;11-12H,3-9H2,1-2H3;12H,2-11H2,1H3;11H,2-10H2,1H3/b2*17-10+,18-14+;;;. The van der Waals surface area contributed by atoms with Gasteiger partial charge < -0.3 is 19.4 Å². The lowest BCUT2D eigenvalue weighted by Crippen LogP contribution is -2.17. The van der Waals surface area contributed by atoms with Gasteiger partial charge in [0.05, 0.1) is 6.10 Å². The number of carbonyl (C=O) groups excluding carboxylic acids is 5. The van der Waals surface area contributed by atoms with Crippen molar-refractivity contribution in [1.29, 1.82) is 0 Å². The number of aliphatic hydroxyl groups excluding tert-OH is 1. The highest BCUT2D eigenvalue weighted by Gasteiger charge is 2.34. The largest absolute Gasteiger partial charge is 0.462 e. The summed E-state index contributed by atoms with van der Waals surface area (Å²) in [6, 6.07) is 0. The highest BCUT2D eigenvalue weighted by molar-refractivity contribution is 5.85. The number of hydrogen-bond acceptors (Lipinski definition) is 8. The summed E-state index contributed by atoms with van der Waals surface area (Å²) in [5.41, 5.74) is 8.72. The van der Waals surface area contributed by atoms with E-state index < -0.39 is 0 Å². The molecule has 0 spiro atoms. The molecule has 5 aliphatic rings. The molecule has 0 bridgehead atoms. The van der Waals surface area contributed by atoms with E-state index in [1.165, 1.54) is 162 Å². The van der Waals surface area contributed by atoms with Gasteiger partial charge in [0, 0.05) is 43.9 Å². The van der Waals surface area contributed by atoms with Gasteiger partial charge >= 0.3 is 11.9 Å². The van der Waals surface area contributed by atoms with Crippen LogP contribution in [0.1, 0.15) is 353 Å². The molecule has 0 aromatic carbocycles. The quantitative estimate of drug-likeness (QED) is 0.0371. The number of hydrogen-bond donors (Lipinski definition) is 1. The Bertz CT molecular complexity index is 2020. The Kier molecular flexibility index (Phi) is 48.7. The molecular formula is C78H134O8. The van der Waals surface area contributed by atoms with Crippen LogP contribution in [-0.4, -0.2) is 52.7 Å². The summed E-state index contributed by atoms with van der Waals surface area (Å²) in [5.74, 6) is 2.50. The maximum atomic E-state index is 11.6. The number of aliphatic hydroxyl groups is 1. The fraction of sp³-hybridized carbons (Fsp3) is 0.782. The second kappa shape index (κ2) is 52.2. The molecule has 1 N–H and O–H groups in total. The van der Waals surface area contributed by atoms with Gasteiger partial charge in [0.1, 0.15) is 29.6 Å². The van der Waals surface area contributed by atoms with Crippen LogP contribution in [0.2, 0.25) is 0 Å². The summed E-state index contributed by atoms with van der Waals surface area (Å²) < 4.78 is 10.3. The molecular weight excluding hydrogens is 1060 g/mol. The van der Waals surface area contributed by atoms with E-state index in [9.17, 15) is 29.1 Å².